The summed E-state index contributed by atoms with van der Waals surface area (Å²) < 4.78 is 7.38. The number of aromatic nitrogens is 2. The molecule has 0 fully saturated rings. The van der Waals surface area contributed by atoms with Crippen LogP contribution < -0.4 is 4.74 Å². The molecular weight excluding hydrogens is 292 g/mol. The average Bonchev–Trinajstić information content (AvgIpc) is 2.66. The minimum absolute atomic E-state index is 0.442. The lowest BCUT2D eigenvalue weighted by Crippen LogP contribution is -1.97. The Bertz CT molecular complexity index is 720. The van der Waals surface area contributed by atoms with Crippen molar-refractivity contribution in [3.8, 4) is 11.6 Å². The van der Waals surface area contributed by atoms with Crippen LogP contribution in [0.1, 0.15) is 16.8 Å². The lowest BCUT2D eigenvalue weighted by atomic mass is 10.2. The molecule has 2 rings (SSSR count). The minimum Gasteiger partial charge on any atom is -0.478 e. The molecule has 0 aliphatic rings. The molecule has 0 bridgehead atoms. The number of carbonyl (C=O) groups is 1. The Labute approximate surface area is 127 Å². The zero-order valence-corrected chi connectivity index (χ0v) is 12.7. The van der Waals surface area contributed by atoms with Crippen LogP contribution in [0.15, 0.2) is 24.3 Å². The van der Waals surface area contributed by atoms with Crippen LogP contribution in [0.25, 0.3) is 6.08 Å². The summed E-state index contributed by atoms with van der Waals surface area (Å²) in [5, 5.41) is 13.5. The standard InChI is InChI=1S/C15H15ClN2O3/c1-9-4-6-12(16)13(8-9)21-15-11(5-7-14(19)20)10(2)17-18(15)3/h4-8H,1-3H3,(H,19,20)/b7-5+. The second kappa shape index (κ2) is 6.01. The molecule has 2 aromatic rings. The monoisotopic (exact) mass is 306 g/mol. The van der Waals surface area contributed by atoms with Crippen LogP contribution in [0, 0.1) is 13.8 Å². The summed E-state index contributed by atoms with van der Waals surface area (Å²) >= 11 is 6.12. The molecule has 1 aromatic carbocycles. The van der Waals surface area contributed by atoms with Gasteiger partial charge < -0.3 is 9.84 Å². The molecule has 5 nitrogen and oxygen atoms in total. The number of hydrogen-bond donors (Lipinski definition) is 1. The average molecular weight is 307 g/mol. The van der Waals surface area contributed by atoms with Crippen molar-refractivity contribution in [2.45, 2.75) is 13.8 Å². The van der Waals surface area contributed by atoms with E-state index in [1.165, 1.54) is 6.08 Å². The molecule has 1 aromatic heterocycles. The van der Waals surface area contributed by atoms with Crippen LogP contribution in [0.2, 0.25) is 5.02 Å². The fourth-order valence-electron chi connectivity index (χ4n) is 1.91. The fraction of sp³-hybridized carbons (Fsp3) is 0.200. The molecule has 0 amide bonds. The molecule has 1 N–H and O–H groups in total. The maximum Gasteiger partial charge on any atom is 0.328 e. The number of rotatable bonds is 4. The van der Waals surface area contributed by atoms with Gasteiger partial charge in [0.25, 0.3) is 0 Å². The van der Waals surface area contributed by atoms with Crippen molar-refractivity contribution >= 4 is 23.6 Å². The number of hydrogen-bond acceptors (Lipinski definition) is 3. The molecule has 0 unspecified atom stereocenters. The Morgan fingerprint density at radius 3 is 2.81 bits per heavy atom. The molecular formula is C15H15ClN2O3. The molecule has 1 heterocycles. The number of ether oxygens (including phenoxy) is 1. The van der Waals surface area contributed by atoms with E-state index in [4.69, 9.17) is 21.4 Å². The Morgan fingerprint density at radius 2 is 2.14 bits per heavy atom. The van der Waals surface area contributed by atoms with E-state index in [2.05, 4.69) is 5.10 Å². The fourth-order valence-corrected chi connectivity index (χ4v) is 2.07. The van der Waals surface area contributed by atoms with Gasteiger partial charge in [-0.2, -0.15) is 5.10 Å². The van der Waals surface area contributed by atoms with Crippen LogP contribution >= 0.6 is 11.6 Å². The van der Waals surface area contributed by atoms with Gasteiger partial charge in [-0.3, -0.25) is 0 Å². The van der Waals surface area contributed by atoms with Gasteiger partial charge >= 0.3 is 5.97 Å². The minimum atomic E-state index is -1.03. The number of carboxylic acid groups (broad SMARTS) is 1. The van der Waals surface area contributed by atoms with Crippen LogP contribution in [-0.2, 0) is 11.8 Å². The third-order valence-corrected chi connectivity index (χ3v) is 3.21. The Morgan fingerprint density at radius 1 is 1.43 bits per heavy atom. The lowest BCUT2D eigenvalue weighted by Gasteiger charge is -2.09. The summed E-state index contributed by atoms with van der Waals surface area (Å²) in [5.74, 6) is -0.0834. The van der Waals surface area contributed by atoms with Crippen LogP contribution in [0.4, 0.5) is 0 Å². The quantitative estimate of drug-likeness (QED) is 0.877. The number of aryl methyl sites for hydroxylation is 3. The van der Waals surface area contributed by atoms with E-state index in [1.54, 1.807) is 24.7 Å². The van der Waals surface area contributed by atoms with Crippen molar-refractivity contribution in [3.05, 3.63) is 46.1 Å². The summed E-state index contributed by atoms with van der Waals surface area (Å²) in [5.41, 5.74) is 2.29. The molecule has 0 aliphatic carbocycles. The first-order valence-corrected chi connectivity index (χ1v) is 6.65. The van der Waals surface area contributed by atoms with Crippen LogP contribution in [0.5, 0.6) is 11.6 Å². The highest BCUT2D eigenvalue weighted by Crippen LogP contribution is 2.33. The number of halogens is 1. The number of carboxylic acids is 1. The van der Waals surface area contributed by atoms with Gasteiger partial charge in [0.2, 0.25) is 5.88 Å². The maximum atomic E-state index is 10.7. The van der Waals surface area contributed by atoms with Crippen molar-refractivity contribution in [2.24, 2.45) is 7.05 Å². The first-order chi connectivity index (χ1) is 9.88. The largest absolute Gasteiger partial charge is 0.478 e. The van der Waals surface area contributed by atoms with Crippen molar-refractivity contribution in [2.75, 3.05) is 0 Å². The first-order valence-electron chi connectivity index (χ1n) is 6.27. The van der Waals surface area contributed by atoms with E-state index in [9.17, 15) is 4.79 Å². The van der Waals surface area contributed by atoms with Crippen LogP contribution in [-0.4, -0.2) is 20.9 Å². The highest BCUT2D eigenvalue weighted by Gasteiger charge is 2.15. The Hall–Kier alpha value is -2.27. The van der Waals surface area contributed by atoms with E-state index in [0.29, 0.717) is 27.9 Å². The highest BCUT2D eigenvalue weighted by atomic mass is 35.5. The summed E-state index contributed by atoms with van der Waals surface area (Å²) in [4.78, 5) is 10.7. The molecule has 0 saturated carbocycles. The van der Waals surface area contributed by atoms with E-state index >= 15 is 0 Å². The van der Waals surface area contributed by atoms with Gasteiger partial charge in [0, 0.05) is 13.1 Å². The normalized spacial score (nSPS) is 11.0. The Balaban J connectivity index is 2.44. The van der Waals surface area contributed by atoms with Crippen molar-refractivity contribution in [3.63, 3.8) is 0 Å². The number of nitrogens with zero attached hydrogens (tertiary/aromatic N) is 2. The van der Waals surface area contributed by atoms with Crippen molar-refractivity contribution < 1.29 is 14.6 Å². The van der Waals surface area contributed by atoms with Gasteiger partial charge in [0.15, 0.2) is 0 Å². The van der Waals surface area contributed by atoms with Gasteiger partial charge in [0.1, 0.15) is 5.75 Å². The summed E-state index contributed by atoms with van der Waals surface area (Å²) in [7, 11) is 1.73. The third-order valence-electron chi connectivity index (χ3n) is 2.90. The molecule has 0 atom stereocenters. The highest BCUT2D eigenvalue weighted by molar-refractivity contribution is 6.32. The zero-order chi connectivity index (χ0) is 15.6. The summed E-state index contributed by atoms with van der Waals surface area (Å²) in [6.07, 6.45) is 2.51. The first kappa shape index (κ1) is 15.1. The SMILES string of the molecule is Cc1ccc(Cl)c(Oc2c(/C=C/C(=O)O)c(C)nn2C)c1. The topological polar surface area (TPSA) is 64.3 Å². The molecule has 0 radical (unpaired) electrons. The van der Waals surface area contributed by atoms with Gasteiger partial charge in [-0.05, 0) is 37.6 Å². The zero-order valence-electron chi connectivity index (χ0n) is 11.9. The molecule has 0 saturated heterocycles. The van der Waals surface area contributed by atoms with E-state index in [0.717, 1.165) is 11.6 Å². The van der Waals surface area contributed by atoms with E-state index in [1.807, 2.05) is 19.1 Å². The lowest BCUT2D eigenvalue weighted by molar-refractivity contribution is -0.131. The van der Waals surface area contributed by atoms with Crippen molar-refractivity contribution in [1.82, 2.24) is 9.78 Å². The van der Waals surface area contributed by atoms with Gasteiger partial charge in [-0.25, -0.2) is 9.48 Å². The Kier molecular flexibility index (Phi) is 4.33. The predicted octanol–water partition coefficient (Wildman–Crippen LogP) is 3.58. The smallest absolute Gasteiger partial charge is 0.328 e. The van der Waals surface area contributed by atoms with E-state index in [-0.39, 0.29) is 0 Å². The molecule has 21 heavy (non-hydrogen) atoms. The summed E-state index contributed by atoms with van der Waals surface area (Å²) in [6.45, 7) is 3.72. The number of aliphatic carboxylic acids is 1. The molecule has 0 spiro atoms. The molecule has 6 heteroatoms. The van der Waals surface area contributed by atoms with E-state index < -0.39 is 5.97 Å². The summed E-state index contributed by atoms with van der Waals surface area (Å²) in [6, 6.07) is 5.45. The van der Waals surface area contributed by atoms with Crippen molar-refractivity contribution in [1.29, 1.82) is 0 Å². The second-order valence-electron chi connectivity index (χ2n) is 4.64. The number of benzene rings is 1. The van der Waals surface area contributed by atoms with Gasteiger partial charge in [0.05, 0.1) is 16.3 Å². The third kappa shape index (κ3) is 3.44. The van der Waals surface area contributed by atoms with Gasteiger partial charge in [-0.1, -0.05) is 17.7 Å². The second-order valence-corrected chi connectivity index (χ2v) is 5.04. The van der Waals surface area contributed by atoms with Gasteiger partial charge in [-0.15, -0.1) is 0 Å². The van der Waals surface area contributed by atoms with Crippen LogP contribution in [0.3, 0.4) is 0 Å². The maximum absolute atomic E-state index is 10.7. The molecule has 0 aliphatic heterocycles. The molecule has 110 valence electrons. The predicted molar refractivity (Wildman–Crippen MR) is 80.9 cm³/mol.